The van der Waals surface area contributed by atoms with Crippen molar-refractivity contribution >= 4 is 25.7 Å². The van der Waals surface area contributed by atoms with Crippen molar-refractivity contribution in [3.63, 3.8) is 0 Å². The number of unbranched alkanes of at least 4 members (excludes halogenated alkanes) is 27. The molecule has 3 unspecified atom stereocenters. The summed E-state index contributed by atoms with van der Waals surface area (Å²) in [7, 11) is -4.75. The second-order valence-electron chi connectivity index (χ2n) is 16.3. The van der Waals surface area contributed by atoms with Crippen molar-refractivity contribution in [1.82, 2.24) is 5.32 Å². The second-order valence-corrected chi connectivity index (χ2v) is 17.8. The van der Waals surface area contributed by atoms with Gasteiger partial charge in [0.1, 0.15) is 12.7 Å². The van der Waals surface area contributed by atoms with E-state index in [1.807, 2.05) is 0 Å². The number of aliphatic hydroxyl groups is 1. The summed E-state index contributed by atoms with van der Waals surface area (Å²) >= 11 is 0. The Labute approximate surface area is 359 Å². The van der Waals surface area contributed by atoms with Crippen LogP contribution < -0.4 is 5.32 Å². The first-order valence-corrected chi connectivity index (χ1v) is 25.4. The van der Waals surface area contributed by atoms with Gasteiger partial charge >= 0.3 is 19.8 Å². The molecule has 0 aromatic carbocycles. The number of carboxylic acids is 1. The zero-order chi connectivity index (χ0) is 43.5. The number of aliphatic carboxylic acids is 1. The molecule has 12 heteroatoms. The standard InChI is InChI=1S/C47H88NO10P/c1-3-5-7-9-11-13-15-17-18-19-20-21-22-23-24-25-26-27-29-31-33-35-37-39-46(51)56-40-43(49)41-57-59(54,55)58-42-44(47(52)53)48-45(50)38-36-34-32-30-28-16-14-12-10-8-6-4-2/h11,13,17-18,43-44,49H,3-10,12,14-16,19-42H2,1-2H3,(H,48,50)(H,52,53)(H,54,55)/b13-11-,18-17-. The van der Waals surface area contributed by atoms with Gasteiger partial charge in [0.15, 0.2) is 6.04 Å². The fourth-order valence-electron chi connectivity index (χ4n) is 6.76. The van der Waals surface area contributed by atoms with Crippen molar-refractivity contribution < 1.29 is 47.8 Å². The third-order valence-corrected chi connectivity index (χ3v) is 11.4. The molecule has 0 fully saturated rings. The number of hydrogen-bond acceptors (Lipinski definition) is 8. The highest BCUT2D eigenvalue weighted by Gasteiger charge is 2.28. The molecular formula is C47H88NO10P. The Bertz CT molecular complexity index is 1100. The number of amides is 1. The molecule has 0 aliphatic rings. The second kappa shape index (κ2) is 42.6. The number of esters is 1. The average Bonchev–Trinajstić information content (AvgIpc) is 3.21. The fraction of sp³-hybridized carbons (Fsp3) is 0.851. The minimum absolute atomic E-state index is 0.150. The molecule has 0 bridgehead atoms. The van der Waals surface area contributed by atoms with E-state index in [-0.39, 0.29) is 12.8 Å². The molecule has 3 atom stereocenters. The molecule has 0 aliphatic heterocycles. The van der Waals surface area contributed by atoms with E-state index >= 15 is 0 Å². The van der Waals surface area contributed by atoms with Crippen LogP contribution in [-0.4, -0.2) is 64.9 Å². The Morgan fingerprint density at radius 3 is 1.41 bits per heavy atom. The van der Waals surface area contributed by atoms with Gasteiger partial charge in [-0.3, -0.25) is 18.6 Å². The minimum Gasteiger partial charge on any atom is -0.480 e. The van der Waals surface area contributed by atoms with Gasteiger partial charge in [-0.2, -0.15) is 0 Å². The molecule has 1 amide bonds. The van der Waals surface area contributed by atoms with E-state index in [0.717, 1.165) is 44.9 Å². The van der Waals surface area contributed by atoms with Gasteiger partial charge in [-0.15, -0.1) is 0 Å². The van der Waals surface area contributed by atoms with Gasteiger partial charge in [0.25, 0.3) is 0 Å². The summed E-state index contributed by atoms with van der Waals surface area (Å²) in [6, 6.07) is -1.54. The van der Waals surface area contributed by atoms with Crippen LogP contribution in [-0.2, 0) is 32.7 Å². The van der Waals surface area contributed by atoms with Crippen LogP contribution in [0.3, 0.4) is 0 Å². The molecule has 0 saturated heterocycles. The van der Waals surface area contributed by atoms with Crippen molar-refractivity contribution in [3.8, 4) is 0 Å². The first-order valence-electron chi connectivity index (χ1n) is 23.9. The predicted octanol–water partition coefficient (Wildman–Crippen LogP) is 12.6. The van der Waals surface area contributed by atoms with Gasteiger partial charge in [-0.05, 0) is 44.9 Å². The lowest BCUT2D eigenvalue weighted by atomic mass is 10.0. The van der Waals surface area contributed by atoms with E-state index in [4.69, 9.17) is 13.8 Å². The van der Waals surface area contributed by atoms with E-state index in [1.54, 1.807) is 0 Å². The number of carboxylic acid groups (broad SMARTS) is 1. The van der Waals surface area contributed by atoms with Gasteiger partial charge in [0.2, 0.25) is 5.91 Å². The largest absolute Gasteiger partial charge is 0.480 e. The van der Waals surface area contributed by atoms with Crippen LogP contribution in [0.1, 0.15) is 226 Å². The zero-order valence-electron chi connectivity index (χ0n) is 37.6. The number of allylic oxidation sites excluding steroid dienone is 4. The molecule has 0 spiro atoms. The quantitative estimate of drug-likeness (QED) is 0.0200. The lowest BCUT2D eigenvalue weighted by Crippen LogP contribution is -2.43. The molecular weight excluding hydrogens is 769 g/mol. The maximum Gasteiger partial charge on any atom is 0.472 e. The first kappa shape index (κ1) is 57.0. The molecule has 11 nitrogen and oxygen atoms in total. The number of phosphoric ester groups is 1. The first-order chi connectivity index (χ1) is 28.6. The molecule has 0 aliphatic carbocycles. The van der Waals surface area contributed by atoms with E-state index in [9.17, 15) is 34.1 Å². The lowest BCUT2D eigenvalue weighted by Gasteiger charge is -2.18. The van der Waals surface area contributed by atoms with Crippen molar-refractivity contribution in [2.75, 3.05) is 19.8 Å². The number of rotatable bonds is 45. The summed E-state index contributed by atoms with van der Waals surface area (Å²) in [5.74, 6) is -2.36. The van der Waals surface area contributed by atoms with Crippen LogP contribution in [0.2, 0.25) is 0 Å². The van der Waals surface area contributed by atoms with Crippen LogP contribution in [0.4, 0.5) is 0 Å². The highest BCUT2D eigenvalue weighted by Crippen LogP contribution is 2.43. The summed E-state index contributed by atoms with van der Waals surface area (Å²) in [5.41, 5.74) is 0. The Morgan fingerprint density at radius 1 is 0.542 bits per heavy atom. The number of ether oxygens (including phenoxy) is 1. The van der Waals surface area contributed by atoms with Gasteiger partial charge in [0, 0.05) is 12.8 Å². The smallest absolute Gasteiger partial charge is 0.472 e. The number of carbonyl (C=O) groups excluding carboxylic acids is 2. The van der Waals surface area contributed by atoms with Crippen LogP contribution in [0.25, 0.3) is 0 Å². The van der Waals surface area contributed by atoms with Gasteiger partial charge < -0.3 is 25.2 Å². The summed E-state index contributed by atoms with van der Waals surface area (Å²) in [6.45, 7) is 2.58. The van der Waals surface area contributed by atoms with Crippen molar-refractivity contribution in [3.05, 3.63) is 24.3 Å². The number of carbonyl (C=O) groups is 3. The molecule has 0 aromatic heterocycles. The van der Waals surface area contributed by atoms with E-state index in [0.29, 0.717) is 12.8 Å². The highest BCUT2D eigenvalue weighted by molar-refractivity contribution is 7.47. The lowest BCUT2D eigenvalue weighted by molar-refractivity contribution is -0.147. The summed E-state index contributed by atoms with van der Waals surface area (Å²) < 4.78 is 26.9. The molecule has 346 valence electrons. The van der Waals surface area contributed by atoms with Gasteiger partial charge in [0.05, 0.1) is 13.2 Å². The third kappa shape index (κ3) is 42.4. The number of hydrogen-bond donors (Lipinski definition) is 4. The van der Waals surface area contributed by atoms with Crippen LogP contribution in [0, 0.1) is 0 Å². The normalized spacial score (nSPS) is 13.8. The molecule has 4 N–H and O–H groups in total. The number of phosphoric acid groups is 1. The Kier molecular flexibility index (Phi) is 41.2. The van der Waals surface area contributed by atoms with Crippen LogP contribution in [0.15, 0.2) is 24.3 Å². The minimum atomic E-state index is -4.75. The Morgan fingerprint density at radius 2 is 0.932 bits per heavy atom. The Balaban J connectivity index is 3.78. The van der Waals surface area contributed by atoms with E-state index < -0.39 is 57.6 Å². The predicted molar refractivity (Wildman–Crippen MR) is 240 cm³/mol. The maximum absolute atomic E-state index is 12.3. The van der Waals surface area contributed by atoms with E-state index in [1.165, 1.54) is 141 Å². The molecule has 59 heavy (non-hydrogen) atoms. The van der Waals surface area contributed by atoms with Crippen LogP contribution in [0.5, 0.6) is 0 Å². The van der Waals surface area contributed by atoms with Crippen molar-refractivity contribution in [2.24, 2.45) is 0 Å². The maximum atomic E-state index is 12.3. The number of nitrogens with one attached hydrogen (secondary N) is 1. The highest BCUT2D eigenvalue weighted by atomic mass is 31.2. The van der Waals surface area contributed by atoms with Crippen molar-refractivity contribution in [1.29, 1.82) is 0 Å². The zero-order valence-corrected chi connectivity index (χ0v) is 38.5. The SMILES string of the molecule is CCCCC/C=C\C/C=C\CCCCCCCCCCCCCCCC(=O)OCC(O)COP(=O)(O)OCC(NC(=O)CCCCCCCCCCCCCC)C(=O)O. The van der Waals surface area contributed by atoms with Crippen LogP contribution >= 0.6 is 7.82 Å². The fourth-order valence-corrected chi connectivity index (χ4v) is 7.53. The molecule has 0 rings (SSSR count). The van der Waals surface area contributed by atoms with E-state index in [2.05, 4.69) is 43.5 Å². The molecule has 0 radical (unpaired) electrons. The molecule has 0 aromatic rings. The van der Waals surface area contributed by atoms with Crippen molar-refractivity contribution in [2.45, 2.75) is 238 Å². The summed E-state index contributed by atoms with van der Waals surface area (Å²) in [5, 5.41) is 21.8. The summed E-state index contributed by atoms with van der Waals surface area (Å²) in [4.78, 5) is 45.9. The molecule has 0 saturated carbocycles. The monoisotopic (exact) mass is 858 g/mol. The molecule has 0 heterocycles. The van der Waals surface area contributed by atoms with Gasteiger partial charge in [-0.25, -0.2) is 9.36 Å². The third-order valence-electron chi connectivity index (χ3n) is 10.5. The topological polar surface area (TPSA) is 169 Å². The van der Waals surface area contributed by atoms with Gasteiger partial charge in [-0.1, -0.05) is 192 Å². The Hall–Kier alpha value is -2.04. The summed E-state index contributed by atoms with van der Waals surface area (Å²) in [6.07, 6.45) is 44.9. The number of aliphatic hydroxyl groups excluding tert-OH is 1. The average molecular weight is 858 g/mol.